The minimum absolute atomic E-state index is 0.221. The Morgan fingerprint density at radius 1 is 1.17 bits per heavy atom. The Bertz CT molecular complexity index is 537. The van der Waals surface area contributed by atoms with Crippen LogP contribution in [0.25, 0.3) is 0 Å². The second-order valence-electron chi connectivity index (χ2n) is 4.05. The van der Waals surface area contributed by atoms with Gasteiger partial charge in [0.1, 0.15) is 17.8 Å². The Balaban J connectivity index is 1.88. The third-order valence-electron chi connectivity index (χ3n) is 2.58. The number of ether oxygens (including phenoxy) is 1. The third-order valence-corrected chi connectivity index (χ3v) is 2.58. The molecule has 0 saturated heterocycles. The number of para-hydroxylation sites is 1. The fourth-order valence-electron chi connectivity index (χ4n) is 1.66. The van der Waals surface area contributed by atoms with E-state index < -0.39 is 6.10 Å². The average molecular weight is 244 g/mol. The van der Waals surface area contributed by atoms with E-state index in [1.165, 1.54) is 0 Å². The molecule has 0 bridgehead atoms. The molecule has 0 saturated carbocycles. The maximum Gasteiger partial charge on any atom is 0.125 e. The van der Waals surface area contributed by atoms with Gasteiger partial charge in [0.25, 0.3) is 0 Å². The second-order valence-corrected chi connectivity index (χ2v) is 4.05. The summed E-state index contributed by atoms with van der Waals surface area (Å²) in [5.41, 5.74) is 1.11. The van der Waals surface area contributed by atoms with Gasteiger partial charge in [0, 0.05) is 12.6 Å². The van der Waals surface area contributed by atoms with Gasteiger partial charge in [-0.15, -0.1) is 0 Å². The van der Waals surface area contributed by atoms with Crippen molar-refractivity contribution in [1.29, 1.82) is 5.41 Å². The van der Waals surface area contributed by atoms with Gasteiger partial charge in [-0.1, -0.05) is 24.3 Å². The number of aromatic nitrogens is 1. The van der Waals surface area contributed by atoms with Crippen molar-refractivity contribution >= 4 is 0 Å². The first-order valence-corrected chi connectivity index (χ1v) is 5.83. The van der Waals surface area contributed by atoms with Gasteiger partial charge in [0.15, 0.2) is 0 Å². The Morgan fingerprint density at radius 2 is 1.94 bits per heavy atom. The number of hydrogen-bond acceptors (Lipinski definition) is 3. The average Bonchev–Trinajstić information content (AvgIpc) is 2.40. The fourth-order valence-corrected chi connectivity index (χ4v) is 1.66. The van der Waals surface area contributed by atoms with Crippen molar-refractivity contribution in [1.82, 2.24) is 4.98 Å². The van der Waals surface area contributed by atoms with Crippen LogP contribution in [0.15, 0.2) is 48.7 Å². The number of H-pyrrole nitrogens is 1. The molecule has 1 unspecified atom stereocenters. The number of benzene rings is 1. The molecule has 2 aromatic rings. The molecule has 4 nitrogen and oxygen atoms in total. The summed E-state index contributed by atoms with van der Waals surface area (Å²) >= 11 is 0. The summed E-state index contributed by atoms with van der Waals surface area (Å²) in [7, 11) is 0. The molecule has 3 N–H and O–H groups in total. The summed E-state index contributed by atoms with van der Waals surface area (Å²) in [4.78, 5) is 2.79. The van der Waals surface area contributed by atoms with E-state index in [-0.39, 0.29) is 6.61 Å². The van der Waals surface area contributed by atoms with Gasteiger partial charge in [0.2, 0.25) is 0 Å². The van der Waals surface area contributed by atoms with Crippen LogP contribution in [0.1, 0.15) is 5.56 Å². The highest BCUT2D eigenvalue weighted by Crippen LogP contribution is 2.09. The first-order chi connectivity index (χ1) is 8.75. The lowest BCUT2D eigenvalue weighted by Crippen LogP contribution is -2.24. The number of rotatable bonds is 5. The van der Waals surface area contributed by atoms with E-state index in [1.807, 2.05) is 42.5 Å². The largest absolute Gasteiger partial charge is 0.491 e. The lowest BCUT2D eigenvalue weighted by molar-refractivity contribution is 0.107. The summed E-state index contributed by atoms with van der Waals surface area (Å²) in [6.45, 7) is 0.221. The van der Waals surface area contributed by atoms with Crippen molar-refractivity contribution < 1.29 is 9.84 Å². The monoisotopic (exact) mass is 244 g/mol. The maximum absolute atomic E-state index is 9.87. The third kappa shape index (κ3) is 3.46. The zero-order chi connectivity index (χ0) is 12.8. The van der Waals surface area contributed by atoms with Gasteiger partial charge < -0.3 is 14.8 Å². The van der Waals surface area contributed by atoms with Crippen molar-refractivity contribution in [2.45, 2.75) is 12.5 Å². The van der Waals surface area contributed by atoms with E-state index in [0.717, 1.165) is 11.3 Å². The van der Waals surface area contributed by atoms with Crippen LogP contribution in [0.5, 0.6) is 5.75 Å². The van der Waals surface area contributed by atoms with E-state index >= 15 is 0 Å². The molecule has 1 atom stereocenters. The molecule has 0 fully saturated rings. The molecule has 0 radical (unpaired) electrons. The second kappa shape index (κ2) is 6.02. The summed E-state index contributed by atoms with van der Waals surface area (Å²) in [6.07, 6.45) is 1.48. The predicted octanol–water partition coefficient (Wildman–Crippen LogP) is 1.48. The molecule has 1 heterocycles. The zero-order valence-corrected chi connectivity index (χ0v) is 9.97. The van der Waals surface area contributed by atoms with Crippen molar-refractivity contribution in [2.24, 2.45) is 0 Å². The van der Waals surface area contributed by atoms with Crippen molar-refractivity contribution in [3.8, 4) is 5.75 Å². The normalized spacial score (nSPS) is 12.1. The number of nitrogens with one attached hydrogen (secondary N) is 2. The topological polar surface area (TPSA) is 69.1 Å². The van der Waals surface area contributed by atoms with Crippen LogP contribution < -0.4 is 10.2 Å². The van der Waals surface area contributed by atoms with Crippen LogP contribution in [0.3, 0.4) is 0 Å². The highest BCUT2D eigenvalue weighted by atomic mass is 16.5. The van der Waals surface area contributed by atoms with Gasteiger partial charge in [0.05, 0.1) is 6.10 Å². The lowest BCUT2D eigenvalue weighted by Gasteiger charge is -2.12. The fraction of sp³-hybridized carbons (Fsp3) is 0.214. The molecule has 0 aliphatic rings. The number of aliphatic hydroxyl groups excluding tert-OH is 1. The zero-order valence-electron chi connectivity index (χ0n) is 9.97. The van der Waals surface area contributed by atoms with Gasteiger partial charge in [-0.05, 0) is 23.8 Å². The van der Waals surface area contributed by atoms with Crippen molar-refractivity contribution in [2.75, 3.05) is 6.61 Å². The van der Waals surface area contributed by atoms with Crippen LogP contribution in [0, 0.1) is 5.41 Å². The molecule has 1 aromatic heterocycles. The molecule has 18 heavy (non-hydrogen) atoms. The van der Waals surface area contributed by atoms with E-state index in [0.29, 0.717) is 11.9 Å². The summed E-state index contributed by atoms with van der Waals surface area (Å²) in [5, 5.41) is 17.5. The quantitative estimate of drug-likeness (QED) is 0.745. The van der Waals surface area contributed by atoms with E-state index in [9.17, 15) is 5.11 Å². The molecular formula is C14H16N2O2. The van der Waals surface area contributed by atoms with Crippen LogP contribution in [0.2, 0.25) is 0 Å². The number of pyridine rings is 1. The molecule has 4 heteroatoms. The molecule has 0 aliphatic heterocycles. The van der Waals surface area contributed by atoms with E-state index in [4.69, 9.17) is 10.1 Å². The van der Waals surface area contributed by atoms with E-state index in [1.54, 1.807) is 6.20 Å². The molecule has 0 aliphatic carbocycles. The molecule has 0 spiro atoms. The van der Waals surface area contributed by atoms with Crippen LogP contribution in [0.4, 0.5) is 0 Å². The highest BCUT2D eigenvalue weighted by Gasteiger charge is 2.07. The van der Waals surface area contributed by atoms with Crippen molar-refractivity contribution in [3.63, 3.8) is 0 Å². The Labute approximate surface area is 105 Å². The Kier molecular flexibility index (Phi) is 4.15. The van der Waals surface area contributed by atoms with Crippen molar-refractivity contribution in [3.05, 3.63) is 59.7 Å². The number of aromatic amines is 1. The summed E-state index contributed by atoms with van der Waals surface area (Å²) in [5.74, 6) is 0.738. The first kappa shape index (κ1) is 12.4. The summed E-state index contributed by atoms with van der Waals surface area (Å²) in [6, 6.07) is 13.0. The summed E-state index contributed by atoms with van der Waals surface area (Å²) < 4.78 is 5.46. The molecular weight excluding hydrogens is 228 g/mol. The predicted molar refractivity (Wildman–Crippen MR) is 68.3 cm³/mol. The number of aliphatic hydroxyl groups is 1. The molecule has 0 amide bonds. The highest BCUT2D eigenvalue weighted by molar-refractivity contribution is 5.21. The Morgan fingerprint density at radius 3 is 2.67 bits per heavy atom. The van der Waals surface area contributed by atoms with Gasteiger partial charge >= 0.3 is 0 Å². The van der Waals surface area contributed by atoms with Crippen LogP contribution in [-0.4, -0.2) is 22.8 Å². The molecule has 1 aromatic carbocycles. The van der Waals surface area contributed by atoms with Gasteiger partial charge in [-0.25, -0.2) is 0 Å². The lowest BCUT2D eigenvalue weighted by atomic mass is 10.1. The van der Waals surface area contributed by atoms with Crippen LogP contribution in [-0.2, 0) is 6.42 Å². The maximum atomic E-state index is 9.87. The first-order valence-electron chi connectivity index (χ1n) is 5.83. The van der Waals surface area contributed by atoms with Gasteiger partial charge in [-0.2, -0.15) is 0 Å². The molecule has 94 valence electrons. The smallest absolute Gasteiger partial charge is 0.125 e. The molecule has 2 rings (SSSR count). The SMILES string of the molecule is N=c1[nH]cccc1CC(O)COc1ccccc1. The Hall–Kier alpha value is -2.07. The van der Waals surface area contributed by atoms with E-state index in [2.05, 4.69) is 4.98 Å². The number of hydrogen-bond donors (Lipinski definition) is 3. The van der Waals surface area contributed by atoms with Crippen LogP contribution >= 0.6 is 0 Å². The minimum Gasteiger partial charge on any atom is -0.491 e. The standard InChI is InChI=1S/C14H16N2O2/c15-14-11(5-4-8-16-14)9-12(17)10-18-13-6-2-1-3-7-13/h1-8,12,17H,9-10H2,(H2,15,16). The van der Waals surface area contributed by atoms with Gasteiger partial charge in [-0.3, -0.25) is 5.41 Å². The minimum atomic E-state index is -0.620.